The number of carbonyl (C=O) groups excluding carboxylic acids is 1. The third-order valence-electron chi connectivity index (χ3n) is 4.31. The molecule has 0 bridgehead atoms. The number of hydrogen-bond acceptors (Lipinski definition) is 4. The molecule has 1 aromatic carbocycles. The lowest BCUT2D eigenvalue weighted by molar-refractivity contribution is -0.115. The first-order chi connectivity index (χ1) is 11.6. The van der Waals surface area contributed by atoms with Crippen molar-refractivity contribution >= 4 is 35.0 Å². The summed E-state index contributed by atoms with van der Waals surface area (Å²) in [6, 6.07) is 7.66. The van der Waals surface area contributed by atoms with Gasteiger partial charge in [-0.3, -0.25) is 4.79 Å². The number of benzene rings is 1. The van der Waals surface area contributed by atoms with Crippen molar-refractivity contribution in [2.75, 3.05) is 5.32 Å². The van der Waals surface area contributed by atoms with E-state index in [0.717, 1.165) is 16.7 Å². The van der Waals surface area contributed by atoms with Gasteiger partial charge in [-0.2, -0.15) is 0 Å². The van der Waals surface area contributed by atoms with Gasteiger partial charge in [0.05, 0.1) is 5.25 Å². The lowest BCUT2D eigenvalue weighted by atomic mass is 10.3. The normalized spacial score (nSPS) is 18.4. The van der Waals surface area contributed by atoms with Gasteiger partial charge in [-0.25, -0.2) is 0 Å². The molecule has 1 N–H and O–H groups in total. The highest BCUT2D eigenvalue weighted by Gasteiger charge is 2.37. The highest BCUT2D eigenvalue weighted by molar-refractivity contribution is 8.00. The molecular formula is C17H19ClN4OS. The quantitative estimate of drug-likeness (QED) is 0.780. The maximum atomic E-state index is 12.4. The van der Waals surface area contributed by atoms with Gasteiger partial charge in [0, 0.05) is 22.7 Å². The number of hydrogen-bond donors (Lipinski definition) is 1. The Hall–Kier alpha value is -1.53. The summed E-state index contributed by atoms with van der Waals surface area (Å²) in [5, 5.41) is 13.0. The van der Waals surface area contributed by atoms with Crippen molar-refractivity contribution in [3.05, 3.63) is 35.1 Å². The van der Waals surface area contributed by atoms with E-state index in [0.29, 0.717) is 17.0 Å². The molecule has 7 heteroatoms. The van der Waals surface area contributed by atoms with Crippen molar-refractivity contribution in [1.82, 2.24) is 14.8 Å². The zero-order valence-electron chi connectivity index (χ0n) is 13.4. The largest absolute Gasteiger partial charge is 0.325 e. The number of carbonyl (C=O) groups is 1. The maximum absolute atomic E-state index is 12.4. The van der Waals surface area contributed by atoms with Gasteiger partial charge in [-0.05, 0) is 56.9 Å². The van der Waals surface area contributed by atoms with Crippen LogP contribution >= 0.6 is 23.4 Å². The van der Waals surface area contributed by atoms with Crippen molar-refractivity contribution in [3.8, 4) is 0 Å². The molecule has 126 valence electrons. The number of halogens is 1. The first kappa shape index (κ1) is 16.0. The summed E-state index contributed by atoms with van der Waals surface area (Å²) in [5.41, 5.74) is 0.749. The molecule has 0 radical (unpaired) electrons. The highest BCUT2D eigenvalue weighted by atomic mass is 35.5. The third kappa shape index (κ3) is 3.44. The number of thioether (sulfide) groups is 1. The monoisotopic (exact) mass is 362 g/mol. The van der Waals surface area contributed by atoms with Crippen molar-refractivity contribution in [1.29, 1.82) is 0 Å². The fraction of sp³-hybridized carbons (Fsp3) is 0.471. The highest BCUT2D eigenvalue weighted by Crippen LogP contribution is 2.46. The average Bonchev–Trinajstić information content (AvgIpc) is 3.49. The van der Waals surface area contributed by atoms with Gasteiger partial charge in [0.2, 0.25) is 5.91 Å². The molecule has 1 atom stereocenters. The van der Waals surface area contributed by atoms with Crippen LogP contribution in [0.25, 0.3) is 0 Å². The van der Waals surface area contributed by atoms with E-state index >= 15 is 0 Å². The van der Waals surface area contributed by atoms with Crippen LogP contribution in [-0.2, 0) is 4.79 Å². The summed E-state index contributed by atoms with van der Waals surface area (Å²) in [5.74, 6) is 1.65. The minimum atomic E-state index is -0.241. The molecule has 5 nitrogen and oxygen atoms in total. The van der Waals surface area contributed by atoms with Gasteiger partial charge in [0.15, 0.2) is 5.16 Å². The second-order valence-electron chi connectivity index (χ2n) is 6.47. The second-order valence-corrected chi connectivity index (χ2v) is 8.22. The lowest BCUT2D eigenvalue weighted by Gasteiger charge is -2.13. The van der Waals surface area contributed by atoms with Crippen molar-refractivity contribution in [2.45, 2.75) is 55.0 Å². The molecule has 1 amide bonds. The molecular weight excluding hydrogens is 344 g/mol. The Morgan fingerprint density at radius 1 is 1.25 bits per heavy atom. The van der Waals surface area contributed by atoms with Crippen LogP contribution < -0.4 is 5.32 Å². The number of nitrogens with zero attached hydrogens (tertiary/aromatic N) is 3. The van der Waals surface area contributed by atoms with Crippen LogP contribution in [0.5, 0.6) is 0 Å². The minimum absolute atomic E-state index is 0.0411. The van der Waals surface area contributed by atoms with Crippen molar-refractivity contribution < 1.29 is 4.79 Å². The topological polar surface area (TPSA) is 59.8 Å². The van der Waals surface area contributed by atoms with Crippen LogP contribution in [0, 0.1) is 0 Å². The molecule has 2 saturated carbocycles. The molecule has 2 fully saturated rings. The number of nitrogens with one attached hydrogen (secondary N) is 1. The Morgan fingerprint density at radius 3 is 2.58 bits per heavy atom. The van der Waals surface area contributed by atoms with E-state index in [1.807, 2.05) is 6.92 Å². The van der Waals surface area contributed by atoms with Crippen molar-refractivity contribution in [2.24, 2.45) is 0 Å². The molecule has 0 unspecified atom stereocenters. The van der Waals surface area contributed by atoms with E-state index in [1.54, 1.807) is 24.3 Å². The summed E-state index contributed by atoms with van der Waals surface area (Å²) in [6.45, 7) is 1.90. The Balaban J connectivity index is 1.44. The zero-order valence-corrected chi connectivity index (χ0v) is 15.0. The van der Waals surface area contributed by atoms with E-state index in [4.69, 9.17) is 11.6 Å². The Bertz CT molecular complexity index is 752. The molecule has 2 aromatic rings. The number of aromatic nitrogens is 3. The molecule has 1 aromatic heterocycles. The van der Waals surface area contributed by atoms with Crippen LogP contribution in [0.15, 0.2) is 29.4 Å². The van der Waals surface area contributed by atoms with Gasteiger partial charge in [0.1, 0.15) is 5.82 Å². The first-order valence-corrected chi connectivity index (χ1v) is 9.55. The lowest BCUT2D eigenvalue weighted by Crippen LogP contribution is -2.23. The Labute approximate surface area is 150 Å². The minimum Gasteiger partial charge on any atom is -0.325 e. The SMILES string of the molecule is C[C@@H](Sc1nnc(C2CC2)n1C1CC1)C(=O)Nc1ccc(Cl)cc1. The number of anilines is 1. The summed E-state index contributed by atoms with van der Waals surface area (Å²) in [4.78, 5) is 12.4. The Kier molecular flexibility index (Phi) is 4.26. The molecule has 0 spiro atoms. The second kappa shape index (κ2) is 6.41. The summed E-state index contributed by atoms with van der Waals surface area (Å²) in [6.07, 6.45) is 4.80. The number of amides is 1. The predicted octanol–water partition coefficient (Wildman–Crippen LogP) is 4.26. The van der Waals surface area contributed by atoms with Crippen LogP contribution in [-0.4, -0.2) is 25.9 Å². The summed E-state index contributed by atoms with van der Waals surface area (Å²) in [7, 11) is 0. The fourth-order valence-electron chi connectivity index (χ4n) is 2.65. The van der Waals surface area contributed by atoms with Gasteiger partial charge < -0.3 is 9.88 Å². The smallest absolute Gasteiger partial charge is 0.237 e. The van der Waals surface area contributed by atoms with Crippen LogP contribution in [0.3, 0.4) is 0 Å². The van der Waals surface area contributed by atoms with Gasteiger partial charge >= 0.3 is 0 Å². The molecule has 4 rings (SSSR count). The summed E-state index contributed by atoms with van der Waals surface area (Å²) < 4.78 is 2.27. The predicted molar refractivity (Wildman–Crippen MR) is 95.7 cm³/mol. The summed E-state index contributed by atoms with van der Waals surface area (Å²) >= 11 is 7.36. The third-order valence-corrected chi connectivity index (χ3v) is 5.62. The van der Waals surface area contributed by atoms with Crippen LogP contribution in [0.4, 0.5) is 5.69 Å². The van der Waals surface area contributed by atoms with E-state index in [2.05, 4.69) is 20.1 Å². The van der Waals surface area contributed by atoms with E-state index < -0.39 is 0 Å². The van der Waals surface area contributed by atoms with Crippen LogP contribution in [0.2, 0.25) is 5.02 Å². The standard InChI is InChI=1S/C17H19ClN4OS/c1-10(16(23)19-13-6-4-12(18)5-7-13)24-17-21-20-15(11-2-3-11)22(17)14-8-9-14/h4-7,10-11,14H,2-3,8-9H2,1H3,(H,19,23)/t10-/m1/s1. The van der Waals surface area contributed by atoms with E-state index in [-0.39, 0.29) is 11.2 Å². The average molecular weight is 363 g/mol. The first-order valence-electron chi connectivity index (χ1n) is 8.29. The molecule has 0 aliphatic heterocycles. The fourth-order valence-corrected chi connectivity index (χ4v) is 3.71. The molecule has 0 saturated heterocycles. The molecule has 24 heavy (non-hydrogen) atoms. The van der Waals surface area contributed by atoms with Crippen molar-refractivity contribution in [3.63, 3.8) is 0 Å². The van der Waals surface area contributed by atoms with Gasteiger partial charge in [-0.1, -0.05) is 23.4 Å². The molecule has 2 aliphatic carbocycles. The van der Waals surface area contributed by atoms with Gasteiger partial charge in [-0.15, -0.1) is 10.2 Å². The maximum Gasteiger partial charge on any atom is 0.237 e. The molecule has 1 heterocycles. The molecule has 2 aliphatic rings. The number of rotatable bonds is 6. The van der Waals surface area contributed by atoms with Gasteiger partial charge in [0.25, 0.3) is 0 Å². The van der Waals surface area contributed by atoms with E-state index in [9.17, 15) is 4.79 Å². The Morgan fingerprint density at radius 2 is 1.96 bits per heavy atom. The van der Waals surface area contributed by atoms with Crippen LogP contribution in [0.1, 0.15) is 50.4 Å². The van der Waals surface area contributed by atoms with E-state index in [1.165, 1.54) is 37.4 Å². The zero-order chi connectivity index (χ0) is 16.7.